The van der Waals surface area contributed by atoms with E-state index in [0.717, 1.165) is 16.8 Å². The summed E-state index contributed by atoms with van der Waals surface area (Å²) in [6.45, 7) is 6.11. The second-order valence-electron chi connectivity index (χ2n) is 5.21. The number of carbonyl (C=O) groups is 1. The van der Waals surface area contributed by atoms with E-state index in [1.165, 1.54) is 0 Å². The van der Waals surface area contributed by atoms with E-state index in [2.05, 4.69) is 24.1 Å². The number of para-hydroxylation sites is 1. The minimum absolute atomic E-state index is 0.134. The summed E-state index contributed by atoms with van der Waals surface area (Å²) in [4.78, 5) is 16.4. The molecule has 1 heterocycles. The molecular weight excluding hydrogens is 286 g/mol. The van der Waals surface area contributed by atoms with Crippen LogP contribution in [0.4, 0.5) is 11.5 Å². The van der Waals surface area contributed by atoms with Gasteiger partial charge in [0, 0.05) is 5.69 Å². The summed E-state index contributed by atoms with van der Waals surface area (Å²) in [6.07, 6.45) is 0. The highest BCUT2D eigenvalue weighted by Crippen LogP contribution is 2.28. The maximum Gasteiger partial charge on any atom is 0.275 e. The minimum atomic E-state index is -0.358. The lowest BCUT2D eigenvalue weighted by Crippen LogP contribution is -2.17. The van der Waals surface area contributed by atoms with Crippen molar-refractivity contribution >= 4 is 29.0 Å². The first-order chi connectivity index (χ1) is 9.90. The molecule has 21 heavy (non-hydrogen) atoms. The predicted octanol–water partition coefficient (Wildman–Crippen LogP) is 4.00. The second kappa shape index (κ2) is 6.14. The van der Waals surface area contributed by atoms with Crippen LogP contribution in [0.15, 0.2) is 30.3 Å². The van der Waals surface area contributed by atoms with E-state index in [1.54, 1.807) is 12.1 Å². The topological polar surface area (TPSA) is 68.0 Å². The molecule has 2 rings (SSSR count). The van der Waals surface area contributed by atoms with Crippen LogP contribution in [0.5, 0.6) is 0 Å². The number of aryl methyl sites for hydroxylation is 1. The zero-order chi connectivity index (χ0) is 15.6. The van der Waals surface area contributed by atoms with Crippen LogP contribution in [-0.4, -0.2) is 10.9 Å². The van der Waals surface area contributed by atoms with Gasteiger partial charge in [0.05, 0.1) is 5.02 Å². The Morgan fingerprint density at radius 3 is 2.67 bits per heavy atom. The smallest absolute Gasteiger partial charge is 0.275 e. The summed E-state index contributed by atoms with van der Waals surface area (Å²) in [5.41, 5.74) is 8.62. The number of halogens is 1. The highest BCUT2D eigenvalue weighted by Gasteiger charge is 2.16. The zero-order valence-electron chi connectivity index (χ0n) is 12.3. The Labute approximate surface area is 129 Å². The maximum atomic E-state index is 12.4. The van der Waals surface area contributed by atoms with Crippen molar-refractivity contribution in [1.29, 1.82) is 0 Å². The van der Waals surface area contributed by atoms with Gasteiger partial charge in [0.2, 0.25) is 0 Å². The van der Waals surface area contributed by atoms with Crippen molar-refractivity contribution in [2.75, 3.05) is 11.1 Å². The predicted molar refractivity (Wildman–Crippen MR) is 86.9 cm³/mol. The molecular formula is C16H18ClN3O. The summed E-state index contributed by atoms with van der Waals surface area (Å²) < 4.78 is 0. The number of nitrogens with zero attached hydrogens (tertiary/aromatic N) is 1. The summed E-state index contributed by atoms with van der Waals surface area (Å²) in [7, 11) is 0. The van der Waals surface area contributed by atoms with Crippen molar-refractivity contribution in [3.05, 3.63) is 52.2 Å². The van der Waals surface area contributed by atoms with Crippen LogP contribution in [0.3, 0.4) is 0 Å². The first-order valence-electron chi connectivity index (χ1n) is 6.73. The number of carbonyl (C=O) groups excluding carboxylic acids is 1. The Balaban J connectivity index is 2.38. The molecule has 0 radical (unpaired) electrons. The molecule has 0 bridgehead atoms. The third-order valence-electron chi connectivity index (χ3n) is 3.25. The van der Waals surface area contributed by atoms with Gasteiger partial charge in [0.25, 0.3) is 5.91 Å². The average Bonchev–Trinajstić information content (AvgIpc) is 2.43. The number of nitrogens with one attached hydrogen (secondary N) is 1. The standard InChI is InChI=1S/C16H18ClN3O/c1-9(2)11-6-4-5-10(3)14(11)20-16(21)15-12(17)7-8-13(18)19-15/h4-9H,1-3H3,(H2,18,19)(H,20,21). The fourth-order valence-corrected chi connectivity index (χ4v) is 2.32. The monoisotopic (exact) mass is 303 g/mol. The van der Waals surface area contributed by atoms with Gasteiger partial charge in [0.1, 0.15) is 11.5 Å². The number of pyridine rings is 1. The average molecular weight is 304 g/mol. The first-order valence-corrected chi connectivity index (χ1v) is 7.11. The quantitative estimate of drug-likeness (QED) is 0.900. The summed E-state index contributed by atoms with van der Waals surface area (Å²) >= 11 is 6.02. The number of amides is 1. The molecule has 0 aliphatic rings. The summed E-state index contributed by atoms with van der Waals surface area (Å²) in [5, 5.41) is 3.18. The Morgan fingerprint density at radius 2 is 2.00 bits per heavy atom. The van der Waals surface area contributed by atoms with Crippen LogP contribution in [0.25, 0.3) is 0 Å². The lowest BCUT2D eigenvalue weighted by Gasteiger charge is -2.16. The second-order valence-corrected chi connectivity index (χ2v) is 5.62. The molecule has 0 aliphatic heterocycles. The van der Waals surface area contributed by atoms with Crippen molar-refractivity contribution in [3.8, 4) is 0 Å². The van der Waals surface area contributed by atoms with Crippen molar-refractivity contribution in [2.24, 2.45) is 0 Å². The Bertz CT molecular complexity index is 683. The van der Waals surface area contributed by atoms with E-state index in [4.69, 9.17) is 17.3 Å². The maximum absolute atomic E-state index is 12.4. The molecule has 0 spiro atoms. The van der Waals surface area contributed by atoms with Crippen LogP contribution >= 0.6 is 11.6 Å². The van der Waals surface area contributed by atoms with Crippen molar-refractivity contribution < 1.29 is 4.79 Å². The molecule has 3 N–H and O–H groups in total. The molecule has 4 nitrogen and oxygen atoms in total. The highest BCUT2D eigenvalue weighted by molar-refractivity contribution is 6.34. The Hall–Kier alpha value is -2.07. The van der Waals surface area contributed by atoms with E-state index in [0.29, 0.717) is 5.92 Å². The molecule has 110 valence electrons. The first kappa shape index (κ1) is 15.3. The third-order valence-corrected chi connectivity index (χ3v) is 3.55. The fourth-order valence-electron chi connectivity index (χ4n) is 2.13. The summed E-state index contributed by atoms with van der Waals surface area (Å²) in [5.74, 6) is 0.200. The number of aromatic nitrogens is 1. The van der Waals surface area contributed by atoms with Crippen LogP contribution in [0.1, 0.15) is 41.4 Å². The molecule has 0 aliphatic carbocycles. The SMILES string of the molecule is Cc1cccc(C(C)C)c1NC(=O)c1nc(N)ccc1Cl. The molecule has 1 aromatic carbocycles. The van der Waals surface area contributed by atoms with Gasteiger partial charge >= 0.3 is 0 Å². The van der Waals surface area contributed by atoms with Gasteiger partial charge in [-0.05, 0) is 36.1 Å². The van der Waals surface area contributed by atoms with Crippen molar-refractivity contribution in [2.45, 2.75) is 26.7 Å². The molecule has 5 heteroatoms. The van der Waals surface area contributed by atoms with E-state index < -0.39 is 0 Å². The van der Waals surface area contributed by atoms with Gasteiger partial charge in [0.15, 0.2) is 0 Å². The van der Waals surface area contributed by atoms with Crippen LogP contribution in [-0.2, 0) is 0 Å². The fraction of sp³-hybridized carbons (Fsp3) is 0.250. The number of hydrogen-bond acceptors (Lipinski definition) is 3. The highest BCUT2D eigenvalue weighted by atomic mass is 35.5. The zero-order valence-corrected chi connectivity index (χ0v) is 13.0. The molecule has 0 unspecified atom stereocenters. The van der Waals surface area contributed by atoms with Crippen LogP contribution < -0.4 is 11.1 Å². The van der Waals surface area contributed by atoms with E-state index in [-0.39, 0.29) is 22.4 Å². The van der Waals surface area contributed by atoms with Crippen LogP contribution in [0, 0.1) is 6.92 Å². The molecule has 1 amide bonds. The van der Waals surface area contributed by atoms with Gasteiger partial charge in [-0.25, -0.2) is 4.98 Å². The normalized spacial score (nSPS) is 10.7. The molecule has 0 saturated carbocycles. The lowest BCUT2D eigenvalue weighted by molar-refractivity contribution is 0.102. The molecule has 0 fully saturated rings. The van der Waals surface area contributed by atoms with E-state index in [1.807, 2.05) is 25.1 Å². The Morgan fingerprint density at radius 1 is 1.29 bits per heavy atom. The number of benzene rings is 1. The van der Waals surface area contributed by atoms with E-state index >= 15 is 0 Å². The number of nitrogen functional groups attached to an aromatic ring is 1. The number of hydrogen-bond donors (Lipinski definition) is 2. The largest absolute Gasteiger partial charge is 0.384 e. The number of anilines is 2. The van der Waals surface area contributed by atoms with Gasteiger partial charge in [-0.3, -0.25) is 4.79 Å². The van der Waals surface area contributed by atoms with Gasteiger partial charge in [-0.1, -0.05) is 43.6 Å². The van der Waals surface area contributed by atoms with Gasteiger partial charge < -0.3 is 11.1 Å². The molecule has 0 saturated heterocycles. The lowest BCUT2D eigenvalue weighted by atomic mass is 9.98. The number of rotatable bonds is 3. The summed E-state index contributed by atoms with van der Waals surface area (Å²) in [6, 6.07) is 9.07. The van der Waals surface area contributed by atoms with Gasteiger partial charge in [-0.15, -0.1) is 0 Å². The van der Waals surface area contributed by atoms with Crippen molar-refractivity contribution in [1.82, 2.24) is 4.98 Å². The Kier molecular flexibility index (Phi) is 4.48. The molecule has 2 aromatic rings. The third kappa shape index (κ3) is 3.34. The molecule has 1 aromatic heterocycles. The van der Waals surface area contributed by atoms with Crippen molar-refractivity contribution in [3.63, 3.8) is 0 Å². The van der Waals surface area contributed by atoms with E-state index in [9.17, 15) is 4.79 Å². The van der Waals surface area contributed by atoms with Gasteiger partial charge in [-0.2, -0.15) is 0 Å². The molecule has 0 atom stereocenters. The number of nitrogens with two attached hydrogens (primary N) is 1. The minimum Gasteiger partial charge on any atom is -0.384 e. The van der Waals surface area contributed by atoms with Crippen LogP contribution in [0.2, 0.25) is 5.02 Å².